The van der Waals surface area contributed by atoms with Gasteiger partial charge in [-0.25, -0.2) is 0 Å². The molecule has 0 bridgehead atoms. The highest BCUT2D eigenvalue weighted by Crippen LogP contribution is 2.48. The average Bonchev–Trinajstić information content (AvgIpc) is 3.18. The van der Waals surface area contributed by atoms with Crippen LogP contribution < -0.4 is 9.47 Å². The molecule has 0 fully saturated rings. The molecule has 2 aliphatic rings. The highest BCUT2D eigenvalue weighted by atomic mass is 16.5. The highest BCUT2D eigenvalue weighted by molar-refractivity contribution is 6.42. The first kappa shape index (κ1) is 30.7. The van der Waals surface area contributed by atoms with E-state index in [0.717, 1.165) is 9.80 Å². The second kappa shape index (κ2) is 11.1. The molecule has 7 aromatic carbocycles. The monoisotopic (exact) mass is 680 g/mol. The number of carbonyl (C=O) groups is 4. The maximum Gasteiger partial charge on any atom is 0.263 e. The van der Waals surface area contributed by atoms with Crippen LogP contribution in [-0.4, -0.2) is 47.6 Å². The number of ether oxygens (including phenoxy) is 2. The first-order valence-electron chi connectivity index (χ1n) is 16.3. The van der Waals surface area contributed by atoms with Crippen LogP contribution in [0.25, 0.3) is 43.1 Å². The number of carbonyl (C=O) groups excluding carboxylic acids is 4. The summed E-state index contributed by atoms with van der Waals surface area (Å²) in [6.07, 6.45) is 0. The summed E-state index contributed by atoms with van der Waals surface area (Å²) in [4.78, 5) is 58.8. The number of hydrogen-bond acceptors (Lipinski definition) is 8. The highest BCUT2D eigenvalue weighted by Gasteiger charge is 2.39. The molecule has 4 amide bonds. The number of methoxy groups -OCH3 is 2. The van der Waals surface area contributed by atoms with Gasteiger partial charge >= 0.3 is 0 Å². The van der Waals surface area contributed by atoms with Gasteiger partial charge in [0.05, 0.1) is 49.6 Å². The lowest BCUT2D eigenvalue weighted by Crippen LogP contribution is -2.40. The summed E-state index contributed by atoms with van der Waals surface area (Å²) in [5.74, 6) is -0.899. The van der Waals surface area contributed by atoms with Gasteiger partial charge in [0.25, 0.3) is 23.6 Å². The summed E-state index contributed by atoms with van der Waals surface area (Å²) in [7, 11) is 3.10. The molecule has 0 unspecified atom stereocenters. The molecule has 9 rings (SSSR count). The summed E-state index contributed by atoms with van der Waals surface area (Å²) in [6, 6.07) is 28.6. The molecule has 7 aromatic rings. The Hall–Kier alpha value is -7.30. The zero-order chi connectivity index (χ0) is 36.0. The van der Waals surface area contributed by atoms with Gasteiger partial charge in [-0.15, -0.1) is 0 Å². The summed E-state index contributed by atoms with van der Waals surface area (Å²) in [5.41, 5.74) is 2.40. The number of amides is 4. The van der Waals surface area contributed by atoms with Crippen molar-refractivity contribution in [1.29, 1.82) is 10.5 Å². The molecule has 10 nitrogen and oxygen atoms in total. The molecule has 0 saturated carbocycles. The van der Waals surface area contributed by atoms with E-state index in [0.29, 0.717) is 65.7 Å². The molecular weight excluding hydrogens is 656 g/mol. The molecular formula is C42H24N4O6. The number of rotatable bonds is 6. The Kier molecular flexibility index (Phi) is 6.56. The first-order chi connectivity index (χ1) is 25.3. The van der Waals surface area contributed by atoms with Gasteiger partial charge in [-0.2, -0.15) is 10.5 Å². The Morgan fingerprint density at radius 3 is 1.23 bits per heavy atom. The van der Waals surface area contributed by atoms with Gasteiger partial charge in [0.1, 0.15) is 23.6 Å². The lowest BCUT2D eigenvalue weighted by Gasteiger charge is -2.31. The first-order valence-corrected chi connectivity index (χ1v) is 16.3. The maximum atomic E-state index is 14.2. The molecule has 0 saturated heterocycles. The third-order valence-corrected chi connectivity index (χ3v) is 10.3. The van der Waals surface area contributed by atoms with E-state index in [1.54, 1.807) is 99.1 Å². The molecule has 2 aliphatic heterocycles. The van der Waals surface area contributed by atoms with Gasteiger partial charge in [-0.05, 0) is 92.0 Å². The van der Waals surface area contributed by atoms with E-state index in [2.05, 4.69) is 12.1 Å². The fraction of sp³-hybridized carbons (Fsp3) is 0.0952. The van der Waals surface area contributed by atoms with E-state index >= 15 is 0 Å². The summed E-state index contributed by atoms with van der Waals surface area (Å²) in [5, 5.41) is 25.2. The number of nitriles is 2. The van der Waals surface area contributed by atoms with Crippen molar-refractivity contribution < 1.29 is 28.7 Å². The lowest BCUT2D eigenvalue weighted by atomic mass is 9.80. The largest absolute Gasteiger partial charge is 0.497 e. The predicted octanol–water partition coefficient (Wildman–Crippen LogP) is 7.09. The number of benzene rings is 7. The van der Waals surface area contributed by atoms with Gasteiger partial charge < -0.3 is 9.47 Å². The topological polar surface area (TPSA) is 141 Å². The normalized spacial score (nSPS) is 13.8. The summed E-state index contributed by atoms with van der Waals surface area (Å²) in [6.45, 7) is -0.0124. The molecule has 248 valence electrons. The Labute approximate surface area is 295 Å². The molecule has 52 heavy (non-hydrogen) atoms. The zero-order valence-electron chi connectivity index (χ0n) is 27.7. The van der Waals surface area contributed by atoms with E-state index in [9.17, 15) is 29.7 Å². The van der Waals surface area contributed by atoms with Crippen LogP contribution >= 0.6 is 0 Å². The number of nitrogens with zero attached hydrogens (tertiary/aromatic N) is 4. The molecule has 0 N–H and O–H groups in total. The Bertz CT molecular complexity index is 2670. The average molecular weight is 681 g/mol. The van der Waals surface area contributed by atoms with Crippen molar-refractivity contribution in [2.45, 2.75) is 13.1 Å². The lowest BCUT2D eigenvalue weighted by molar-refractivity contribution is 0.0583. The van der Waals surface area contributed by atoms with E-state index < -0.39 is 23.6 Å². The fourth-order valence-electron chi connectivity index (χ4n) is 7.84. The molecule has 10 heteroatoms. The smallest absolute Gasteiger partial charge is 0.263 e. The fourth-order valence-corrected chi connectivity index (χ4v) is 7.84. The molecule has 0 spiro atoms. The SMILES string of the molecule is COc1ccc(CN2C(=O)c3ccc4c5cc(C#N)c6c7c(ccc(c8cc(C#N)c(c3c48)C2=O)c75)C(=O)N(Cc2ccc(OC)cc2)C6=O)cc1. The van der Waals surface area contributed by atoms with Crippen molar-refractivity contribution in [3.8, 4) is 23.6 Å². The van der Waals surface area contributed by atoms with E-state index in [-0.39, 0.29) is 46.5 Å². The van der Waals surface area contributed by atoms with Gasteiger partial charge in [-0.3, -0.25) is 29.0 Å². The van der Waals surface area contributed by atoms with Crippen molar-refractivity contribution in [3.63, 3.8) is 0 Å². The van der Waals surface area contributed by atoms with Crippen LogP contribution in [0, 0.1) is 22.7 Å². The van der Waals surface area contributed by atoms with Crippen LogP contribution in [0.4, 0.5) is 0 Å². The second-order valence-corrected chi connectivity index (χ2v) is 12.8. The molecule has 0 atom stereocenters. The molecule has 2 heterocycles. The van der Waals surface area contributed by atoms with Crippen molar-refractivity contribution >= 4 is 66.7 Å². The Morgan fingerprint density at radius 2 is 0.885 bits per heavy atom. The number of hydrogen-bond donors (Lipinski definition) is 0. The molecule has 0 aliphatic carbocycles. The van der Waals surface area contributed by atoms with Crippen LogP contribution in [0.2, 0.25) is 0 Å². The van der Waals surface area contributed by atoms with Crippen LogP contribution in [0.1, 0.15) is 63.7 Å². The minimum atomic E-state index is -0.588. The second-order valence-electron chi connectivity index (χ2n) is 12.8. The summed E-state index contributed by atoms with van der Waals surface area (Å²) < 4.78 is 10.5. The van der Waals surface area contributed by atoms with Crippen LogP contribution in [0.15, 0.2) is 84.9 Å². The zero-order valence-corrected chi connectivity index (χ0v) is 27.7. The van der Waals surface area contributed by atoms with Crippen LogP contribution in [0.3, 0.4) is 0 Å². The van der Waals surface area contributed by atoms with Crippen molar-refractivity contribution in [3.05, 3.63) is 129 Å². The standard InChI is InChI=1S/C42H24N4O6/c1-51-25-7-3-21(4-8-25)19-45-39(47)29-13-11-27-32-16-24(18-44)34-38-30(40(48)46(42(34)50)20-22-5-9-26(52-2)10-6-22)14-12-28(36(32)38)31-15-23(17-43)33(41(45)49)37(29)35(27)31/h3-16H,19-20H2,1-2H3. The number of fused-ring (bicyclic) bond motifs is 2. The molecule has 0 radical (unpaired) electrons. The van der Waals surface area contributed by atoms with Gasteiger partial charge in [0.2, 0.25) is 0 Å². The summed E-state index contributed by atoms with van der Waals surface area (Å²) >= 11 is 0. The van der Waals surface area contributed by atoms with Crippen molar-refractivity contribution in [2.75, 3.05) is 14.2 Å². The Balaban J connectivity index is 1.27. The Morgan fingerprint density at radius 1 is 0.500 bits per heavy atom. The van der Waals surface area contributed by atoms with Crippen molar-refractivity contribution in [1.82, 2.24) is 9.80 Å². The van der Waals surface area contributed by atoms with Gasteiger partial charge in [0, 0.05) is 21.9 Å². The quantitative estimate of drug-likeness (QED) is 0.103. The van der Waals surface area contributed by atoms with E-state index in [4.69, 9.17) is 9.47 Å². The van der Waals surface area contributed by atoms with Crippen LogP contribution in [-0.2, 0) is 13.1 Å². The van der Waals surface area contributed by atoms with Crippen LogP contribution in [0.5, 0.6) is 11.5 Å². The van der Waals surface area contributed by atoms with Gasteiger partial charge in [-0.1, -0.05) is 36.4 Å². The predicted molar refractivity (Wildman–Crippen MR) is 191 cm³/mol. The maximum absolute atomic E-state index is 14.2. The van der Waals surface area contributed by atoms with Gasteiger partial charge in [0.15, 0.2) is 0 Å². The minimum absolute atomic E-state index is 0.00622. The van der Waals surface area contributed by atoms with E-state index in [1.807, 2.05) is 0 Å². The third kappa shape index (κ3) is 4.09. The number of imide groups is 2. The molecule has 0 aromatic heterocycles. The minimum Gasteiger partial charge on any atom is -0.497 e. The van der Waals surface area contributed by atoms with E-state index in [1.165, 1.54) is 0 Å². The van der Waals surface area contributed by atoms with Crippen molar-refractivity contribution in [2.24, 2.45) is 0 Å². The third-order valence-electron chi connectivity index (χ3n) is 10.3.